The van der Waals surface area contributed by atoms with Gasteiger partial charge in [-0.2, -0.15) is 5.10 Å². The number of aryl methyl sites for hydroxylation is 1. The molecule has 0 aliphatic carbocycles. The van der Waals surface area contributed by atoms with E-state index in [1.807, 2.05) is 0 Å². The van der Waals surface area contributed by atoms with Gasteiger partial charge in [-0.1, -0.05) is 29.1 Å². The Morgan fingerprint density at radius 2 is 2.10 bits per heavy atom. The molecule has 4 rings (SSSR count). The van der Waals surface area contributed by atoms with Gasteiger partial charge in [0.15, 0.2) is 10.8 Å². The molecular weight excluding hydrogens is 445 g/mol. The molecular formula is C19H15Cl2N7O3. The van der Waals surface area contributed by atoms with Crippen molar-refractivity contribution in [2.45, 2.75) is 12.8 Å². The fourth-order valence-corrected chi connectivity index (χ4v) is 3.62. The molecule has 31 heavy (non-hydrogen) atoms. The third-order valence-corrected chi connectivity index (χ3v) is 4.96. The average Bonchev–Trinajstić information content (AvgIpc) is 3.14. The SMILES string of the molecule is C#CCONC(=O)c1ncc(NC(=O)N2CCCc3c2cnc2cc(Cl)nn32)cc1Cl. The Hall–Kier alpha value is -3.39. The van der Waals surface area contributed by atoms with Crippen LogP contribution in [0.25, 0.3) is 5.65 Å². The summed E-state index contributed by atoms with van der Waals surface area (Å²) >= 11 is 12.1. The molecule has 158 valence electrons. The minimum Gasteiger partial charge on any atom is -0.306 e. The van der Waals surface area contributed by atoms with Gasteiger partial charge in [0.1, 0.15) is 12.3 Å². The van der Waals surface area contributed by atoms with E-state index in [1.165, 1.54) is 12.3 Å². The van der Waals surface area contributed by atoms with Crippen LogP contribution in [-0.2, 0) is 11.3 Å². The largest absolute Gasteiger partial charge is 0.326 e. The number of carbonyl (C=O) groups is 2. The Bertz CT molecular complexity index is 1220. The van der Waals surface area contributed by atoms with Crippen LogP contribution >= 0.6 is 23.2 Å². The highest BCUT2D eigenvalue weighted by molar-refractivity contribution is 6.33. The fraction of sp³-hybridized carbons (Fsp3) is 0.211. The van der Waals surface area contributed by atoms with Crippen LogP contribution in [0.5, 0.6) is 0 Å². The Labute approximate surface area is 186 Å². The minimum atomic E-state index is -0.656. The number of rotatable bonds is 4. The highest BCUT2D eigenvalue weighted by Gasteiger charge is 2.26. The van der Waals surface area contributed by atoms with Crippen molar-refractivity contribution < 1.29 is 14.4 Å². The summed E-state index contributed by atoms with van der Waals surface area (Å²) in [5, 5.41) is 7.34. The monoisotopic (exact) mass is 459 g/mol. The van der Waals surface area contributed by atoms with E-state index in [0.717, 1.165) is 18.5 Å². The molecule has 1 aliphatic rings. The number of hydrogen-bond acceptors (Lipinski definition) is 6. The number of pyridine rings is 1. The van der Waals surface area contributed by atoms with Gasteiger partial charge in [0.05, 0.1) is 34.5 Å². The number of aromatic nitrogens is 4. The van der Waals surface area contributed by atoms with E-state index in [2.05, 4.69) is 31.8 Å². The topological polar surface area (TPSA) is 114 Å². The summed E-state index contributed by atoms with van der Waals surface area (Å²) in [6.45, 7) is 0.399. The lowest BCUT2D eigenvalue weighted by atomic mass is 10.1. The molecule has 0 spiro atoms. The van der Waals surface area contributed by atoms with Crippen LogP contribution in [0.1, 0.15) is 22.6 Å². The number of nitrogens with zero attached hydrogens (tertiary/aromatic N) is 5. The molecule has 0 atom stereocenters. The molecule has 12 heteroatoms. The lowest BCUT2D eigenvalue weighted by Crippen LogP contribution is -2.39. The summed E-state index contributed by atoms with van der Waals surface area (Å²) in [4.78, 5) is 39.6. The summed E-state index contributed by atoms with van der Waals surface area (Å²) < 4.78 is 1.64. The molecule has 0 bridgehead atoms. The first-order valence-electron chi connectivity index (χ1n) is 9.10. The van der Waals surface area contributed by atoms with Gasteiger partial charge in [0, 0.05) is 12.6 Å². The van der Waals surface area contributed by atoms with E-state index >= 15 is 0 Å². The predicted octanol–water partition coefficient (Wildman–Crippen LogP) is 2.71. The number of halogens is 2. The number of carbonyl (C=O) groups excluding carboxylic acids is 2. The molecule has 1 aliphatic heterocycles. The normalized spacial score (nSPS) is 12.9. The van der Waals surface area contributed by atoms with Gasteiger partial charge in [-0.05, 0) is 18.9 Å². The quantitative estimate of drug-likeness (QED) is 0.352. The molecule has 2 N–H and O–H groups in total. The van der Waals surface area contributed by atoms with Crippen molar-refractivity contribution in [1.29, 1.82) is 0 Å². The van der Waals surface area contributed by atoms with Crippen LogP contribution in [0.15, 0.2) is 24.5 Å². The standard InChI is InChI=1S/C19H15Cl2N7O3/c1-2-6-31-26-18(29)17-12(20)7-11(9-23-17)24-19(30)27-5-3-4-13-14(27)10-22-16-8-15(21)25-28(13)16/h1,7-10H,3-6H2,(H,24,30)(H,26,29). The van der Waals surface area contributed by atoms with E-state index in [1.54, 1.807) is 21.7 Å². The Kier molecular flexibility index (Phi) is 5.90. The maximum atomic E-state index is 12.9. The maximum absolute atomic E-state index is 12.9. The summed E-state index contributed by atoms with van der Waals surface area (Å²) in [7, 11) is 0. The Morgan fingerprint density at radius 3 is 2.87 bits per heavy atom. The molecule has 0 saturated carbocycles. The number of fused-ring (bicyclic) bond motifs is 3. The molecule has 0 unspecified atom stereocenters. The Balaban J connectivity index is 1.52. The molecule has 4 heterocycles. The third-order valence-electron chi connectivity index (χ3n) is 4.49. The molecule has 0 saturated heterocycles. The highest BCUT2D eigenvalue weighted by atomic mass is 35.5. The fourth-order valence-electron chi connectivity index (χ4n) is 3.20. The summed E-state index contributed by atoms with van der Waals surface area (Å²) in [5.41, 5.74) is 4.47. The van der Waals surface area contributed by atoms with Gasteiger partial charge in [-0.25, -0.2) is 24.8 Å². The molecule has 10 nitrogen and oxygen atoms in total. The van der Waals surface area contributed by atoms with Crippen molar-refractivity contribution in [3.8, 4) is 12.3 Å². The van der Waals surface area contributed by atoms with E-state index in [-0.39, 0.29) is 17.3 Å². The van der Waals surface area contributed by atoms with Crippen molar-refractivity contribution in [2.75, 3.05) is 23.4 Å². The summed E-state index contributed by atoms with van der Waals surface area (Å²) in [5.74, 6) is 1.55. The van der Waals surface area contributed by atoms with Gasteiger partial charge in [-0.3, -0.25) is 14.5 Å². The zero-order chi connectivity index (χ0) is 22.0. The molecule has 3 amide bonds. The number of anilines is 2. The van der Waals surface area contributed by atoms with Crippen molar-refractivity contribution >= 4 is 52.2 Å². The first-order chi connectivity index (χ1) is 15.0. The zero-order valence-corrected chi connectivity index (χ0v) is 17.4. The third kappa shape index (κ3) is 4.25. The van der Waals surface area contributed by atoms with Crippen molar-refractivity contribution in [2.24, 2.45) is 0 Å². The van der Waals surface area contributed by atoms with Crippen LogP contribution < -0.4 is 15.7 Å². The van der Waals surface area contributed by atoms with Crippen LogP contribution in [0.3, 0.4) is 0 Å². The molecule has 3 aromatic rings. The maximum Gasteiger partial charge on any atom is 0.326 e. The first kappa shape index (κ1) is 20.9. The van der Waals surface area contributed by atoms with Crippen molar-refractivity contribution in [3.63, 3.8) is 0 Å². The van der Waals surface area contributed by atoms with Gasteiger partial charge in [0.2, 0.25) is 0 Å². The number of nitrogens with one attached hydrogen (secondary N) is 2. The van der Waals surface area contributed by atoms with Gasteiger partial charge >= 0.3 is 6.03 Å². The van der Waals surface area contributed by atoms with Gasteiger partial charge in [-0.15, -0.1) is 6.42 Å². The summed E-state index contributed by atoms with van der Waals surface area (Å²) in [6.07, 6.45) is 9.46. The van der Waals surface area contributed by atoms with Crippen molar-refractivity contribution in [3.05, 3.63) is 46.1 Å². The summed E-state index contributed by atoms with van der Waals surface area (Å²) in [6, 6.07) is 2.68. The second-order valence-electron chi connectivity index (χ2n) is 6.49. The zero-order valence-electron chi connectivity index (χ0n) is 15.9. The molecule has 3 aromatic heterocycles. The van der Waals surface area contributed by atoms with E-state index in [0.29, 0.717) is 28.7 Å². The molecule has 0 fully saturated rings. The smallest absolute Gasteiger partial charge is 0.306 e. The number of hydroxylamine groups is 1. The van der Waals surface area contributed by atoms with E-state index < -0.39 is 11.9 Å². The lowest BCUT2D eigenvalue weighted by Gasteiger charge is -2.29. The Morgan fingerprint density at radius 1 is 1.26 bits per heavy atom. The van der Waals surface area contributed by atoms with Gasteiger partial charge < -0.3 is 5.32 Å². The minimum absolute atomic E-state index is 0.0354. The highest BCUT2D eigenvalue weighted by Crippen LogP contribution is 2.28. The van der Waals surface area contributed by atoms with Crippen LogP contribution in [0.4, 0.5) is 16.2 Å². The second kappa shape index (κ2) is 8.77. The second-order valence-corrected chi connectivity index (χ2v) is 7.29. The number of urea groups is 1. The predicted molar refractivity (Wildman–Crippen MR) is 114 cm³/mol. The van der Waals surface area contributed by atoms with Crippen LogP contribution in [0.2, 0.25) is 10.2 Å². The average molecular weight is 460 g/mol. The first-order valence-corrected chi connectivity index (χ1v) is 9.86. The van der Waals surface area contributed by atoms with Crippen molar-refractivity contribution in [1.82, 2.24) is 25.1 Å². The van der Waals surface area contributed by atoms with E-state index in [4.69, 9.17) is 34.5 Å². The number of amides is 3. The lowest BCUT2D eigenvalue weighted by molar-refractivity contribution is 0.0433. The van der Waals surface area contributed by atoms with Gasteiger partial charge in [0.25, 0.3) is 5.91 Å². The number of hydrogen-bond donors (Lipinski definition) is 2. The van der Waals surface area contributed by atoms with E-state index in [9.17, 15) is 9.59 Å². The number of terminal acetylenes is 1. The molecule has 0 aromatic carbocycles. The molecule has 0 radical (unpaired) electrons. The van der Waals surface area contributed by atoms with Crippen LogP contribution in [-0.4, -0.2) is 44.7 Å². The van der Waals surface area contributed by atoms with Crippen LogP contribution in [0, 0.1) is 12.3 Å².